The Hall–Kier alpha value is -1.77. The number of carbonyl (C=O) groups is 1. The van der Waals surface area contributed by atoms with Crippen molar-refractivity contribution in [1.82, 2.24) is 9.62 Å². The van der Waals surface area contributed by atoms with E-state index in [1.807, 2.05) is 0 Å². The van der Waals surface area contributed by atoms with Gasteiger partial charge in [-0.2, -0.15) is 0 Å². The number of hydrogen-bond donors (Lipinski definition) is 1. The number of rotatable bonds is 6. The molecule has 5 nitrogen and oxygen atoms in total. The number of piperidine rings is 1. The van der Waals surface area contributed by atoms with Crippen molar-refractivity contribution >= 4 is 31.9 Å². The molecule has 0 bridgehead atoms. The van der Waals surface area contributed by atoms with Crippen LogP contribution in [-0.4, -0.2) is 38.9 Å². The van der Waals surface area contributed by atoms with E-state index < -0.39 is 10.0 Å². The number of benzene rings is 2. The van der Waals surface area contributed by atoms with E-state index in [2.05, 4.69) is 20.7 Å². The van der Waals surface area contributed by atoms with Crippen molar-refractivity contribution in [3.05, 3.63) is 64.4 Å². The van der Waals surface area contributed by atoms with Crippen LogP contribution < -0.4 is 4.72 Å². The number of carbonyl (C=O) groups excluding carboxylic acids is 1. The SMILES string of the molecule is O=C(c1ccc(F)cc1)N1CCC(CCNS(=O)(=O)c2ccc(Br)cc2)CC1. The molecule has 0 aliphatic carbocycles. The molecule has 1 N–H and O–H groups in total. The lowest BCUT2D eigenvalue weighted by Crippen LogP contribution is -2.39. The maximum absolute atomic E-state index is 13.0. The first-order valence-electron chi connectivity index (χ1n) is 9.15. The summed E-state index contributed by atoms with van der Waals surface area (Å²) in [4.78, 5) is 14.5. The standard InChI is InChI=1S/C20H22BrFN2O3S/c21-17-3-7-19(8-4-17)28(26,27)23-12-9-15-10-13-24(14-11-15)20(25)16-1-5-18(22)6-2-16/h1-8,15,23H,9-14H2. The van der Waals surface area contributed by atoms with Crippen LogP contribution in [0.15, 0.2) is 57.9 Å². The Bertz CT molecular complexity index is 909. The number of amides is 1. The molecule has 28 heavy (non-hydrogen) atoms. The molecule has 1 amide bonds. The minimum absolute atomic E-state index is 0.0885. The Morgan fingerprint density at radius 3 is 2.29 bits per heavy atom. The van der Waals surface area contributed by atoms with Gasteiger partial charge in [-0.1, -0.05) is 15.9 Å². The number of sulfonamides is 1. The summed E-state index contributed by atoms with van der Waals surface area (Å²) in [5, 5.41) is 0. The average Bonchev–Trinajstić information content (AvgIpc) is 2.69. The third-order valence-corrected chi connectivity index (χ3v) is 6.97. The second-order valence-corrected chi connectivity index (χ2v) is 9.57. The van der Waals surface area contributed by atoms with E-state index in [1.165, 1.54) is 24.3 Å². The quantitative estimate of drug-likeness (QED) is 0.700. The smallest absolute Gasteiger partial charge is 0.253 e. The van der Waals surface area contributed by atoms with E-state index >= 15 is 0 Å². The first kappa shape index (κ1) is 21.0. The maximum Gasteiger partial charge on any atom is 0.253 e. The molecule has 0 atom stereocenters. The first-order valence-corrected chi connectivity index (χ1v) is 11.4. The van der Waals surface area contributed by atoms with Gasteiger partial charge in [-0.15, -0.1) is 0 Å². The van der Waals surface area contributed by atoms with Crippen molar-refractivity contribution in [3.8, 4) is 0 Å². The highest BCUT2D eigenvalue weighted by Gasteiger charge is 2.24. The molecule has 1 aliphatic heterocycles. The molecule has 0 unspecified atom stereocenters. The van der Waals surface area contributed by atoms with Gasteiger partial charge in [-0.3, -0.25) is 4.79 Å². The van der Waals surface area contributed by atoms with Crippen molar-refractivity contribution in [1.29, 1.82) is 0 Å². The molecule has 150 valence electrons. The van der Waals surface area contributed by atoms with Gasteiger partial charge in [0.1, 0.15) is 5.82 Å². The Morgan fingerprint density at radius 1 is 1.07 bits per heavy atom. The van der Waals surface area contributed by atoms with E-state index in [9.17, 15) is 17.6 Å². The van der Waals surface area contributed by atoms with Gasteiger partial charge in [0.2, 0.25) is 10.0 Å². The number of likely N-dealkylation sites (tertiary alicyclic amines) is 1. The number of hydrogen-bond acceptors (Lipinski definition) is 3. The molecule has 2 aromatic carbocycles. The van der Waals surface area contributed by atoms with Crippen molar-refractivity contribution in [2.45, 2.75) is 24.2 Å². The fourth-order valence-electron chi connectivity index (χ4n) is 3.29. The Kier molecular flexibility index (Phi) is 6.85. The van der Waals surface area contributed by atoms with Crippen molar-refractivity contribution in [2.24, 2.45) is 5.92 Å². The Morgan fingerprint density at radius 2 is 1.68 bits per heavy atom. The van der Waals surface area contributed by atoms with Gasteiger partial charge >= 0.3 is 0 Å². The van der Waals surface area contributed by atoms with Crippen LogP contribution in [0.4, 0.5) is 4.39 Å². The van der Waals surface area contributed by atoms with Gasteiger partial charge in [-0.25, -0.2) is 17.5 Å². The number of nitrogens with one attached hydrogen (secondary N) is 1. The molecule has 8 heteroatoms. The third kappa shape index (κ3) is 5.40. The summed E-state index contributed by atoms with van der Waals surface area (Å²) in [6.07, 6.45) is 2.38. The minimum atomic E-state index is -3.51. The zero-order valence-electron chi connectivity index (χ0n) is 15.3. The molecule has 1 heterocycles. The molecule has 3 rings (SSSR count). The molecule has 2 aromatic rings. The lowest BCUT2D eigenvalue weighted by Gasteiger charge is -2.32. The van der Waals surface area contributed by atoms with Gasteiger partial charge in [-0.05, 0) is 73.7 Å². The highest BCUT2D eigenvalue weighted by molar-refractivity contribution is 9.10. The molecule has 1 saturated heterocycles. The lowest BCUT2D eigenvalue weighted by atomic mass is 9.93. The van der Waals surface area contributed by atoms with Gasteiger partial charge < -0.3 is 4.90 Å². The van der Waals surface area contributed by atoms with Crippen LogP contribution in [0.5, 0.6) is 0 Å². The lowest BCUT2D eigenvalue weighted by molar-refractivity contribution is 0.0687. The highest BCUT2D eigenvalue weighted by Crippen LogP contribution is 2.22. The maximum atomic E-state index is 13.0. The molecule has 0 aromatic heterocycles. The zero-order valence-corrected chi connectivity index (χ0v) is 17.7. The molecular weight excluding hydrogens is 447 g/mol. The summed E-state index contributed by atoms with van der Waals surface area (Å²) in [5.74, 6) is -0.0832. The van der Waals surface area contributed by atoms with Crippen LogP contribution in [0.3, 0.4) is 0 Å². The fourth-order valence-corrected chi connectivity index (χ4v) is 4.61. The van der Waals surface area contributed by atoms with Gasteiger partial charge in [0.25, 0.3) is 5.91 Å². The van der Waals surface area contributed by atoms with Crippen molar-refractivity contribution in [2.75, 3.05) is 19.6 Å². The molecule has 0 radical (unpaired) electrons. The zero-order chi connectivity index (χ0) is 20.1. The second kappa shape index (κ2) is 9.15. The topological polar surface area (TPSA) is 66.5 Å². The molecule has 0 saturated carbocycles. The third-order valence-electron chi connectivity index (χ3n) is 4.96. The highest BCUT2D eigenvalue weighted by atomic mass is 79.9. The Balaban J connectivity index is 1.45. The molecule has 1 aliphatic rings. The summed E-state index contributed by atoms with van der Waals surface area (Å²) in [5.41, 5.74) is 0.488. The summed E-state index contributed by atoms with van der Waals surface area (Å²) < 4.78 is 41.1. The van der Waals surface area contributed by atoms with E-state index in [0.29, 0.717) is 31.1 Å². The predicted octanol–water partition coefficient (Wildman–Crippen LogP) is 3.81. The summed E-state index contributed by atoms with van der Waals surface area (Å²) >= 11 is 3.29. The van der Waals surface area contributed by atoms with E-state index in [1.54, 1.807) is 29.2 Å². The van der Waals surface area contributed by atoms with Crippen LogP contribution >= 0.6 is 15.9 Å². The summed E-state index contributed by atoms with van der Waals surface area (Å²) in [7, 11) is -3.51. The van der Waals surface area contributed by atoms with Crippen LogP contribution in [0.1, 0.15) is 29.6 Å². The monoisotopic (exact) mass is 468 g/mol. The molecule has 0 spiro atoms. The normalized spacial score (nSPS) is 15.6. The van der Waals surface area contributed by atoms with Crippen LogP contribution in [-0.2, 0) is 10.0 Å². The van der Waals surface area contributed by atoms with E-state index in [4.69, 9.17) is 0 Å². The van der Waals surface area contributed by atoms with Crippen molar-refractivity contribution in [3.63, 3.8) is 0 Å². The average molecular weight is 469 g/mol. The van der Waals surface area contributed by atoms with E-state index in [0.717, 1.165) is 23.7 Å². The molecule has 1 fully saturated rings. The largest absolute Gasteiger partial charge is 0.339 e. The summed E-state index contributed by atoms with van der Waals surface area (Å²) in [6.45, 7) is 1.62. The first-order chi connectivity index (χ1) is 13.3. The fraction of sp³-hybridized carbons (Fsp3) is 0.350. The van der Waals surface area contributed by atoms with Gasteiger partial charge in [0, 0.05) is 29.7 Å². The number of halogens is 2. The minimum Gasteiger partial charge on any atom is -0.339 e. The van der Waals surface area contributed by atoms with Crippen LogP contribution in [0, 0.1) is 11.7 Å². The van der Waals surface area contributed by atoms with E-state index in [-0.39, 0.29) is 16.6 Å². The summed E-state index contributed by atoms with van der Waals surface area (Å²) in [6, 6.07) is 12.1. The van der Waals surface area contributed by atoms with Crippen LogP contribution in [0.2, 0.25) is 0 Å². The number of nitrogens with zero attached hydrogens (tertiary/aromatic N) is 1. The predicted molar refractivity (Wildman–Crippen MR) is 109 cm³/mol. The Labute approximate surface area is 173 Å². The second-order valence-electron chi connectivity index (χ2n) is 6.88. The van der Waals surface area contributed by atoms with Gasteiger partial charge in [0.15, 0.2) is 0 Å². The molecular formula is C20H22BrFN2O3S. The van der Waals surface area contributed by atoms with Gasteiger partial charge in [0.05, 0.1) is 4.90 Å². The van der Waals surface area contributed by atoms with Crippen LogP contribution in [0.25, 0.3) is 0 Å². The van der Waals surface area contributed by atoms with Crippen molar-refractivity contribution < 1.29 is 17.6 Å².